The van der Waals surface area contributed by atoms with Gasteiger partial charge in [0.25, 0.3) is 0 Å². The SMILES string of the molecule is Cc1cccc(NC(=O)N2CCCC(C(=O)NCCCCN)C2)c1. The van der Waals surface area contributed by atoms with Gasteiger partial charge in [-0.25, -0.2) is 4.79 Å². The van der Waals surface area contributed by atoms with Crippen LogP contribution in [0.3, 0.4) is 0 Å². The number of amides is 3. The van der Waals surface area contributed by atoms with E-state index in [2.05, 4.69) is 10.6 Å². The molecule has 1 aromatic carbocycles. The molecule has 1 aromatic rings. The van der Waals surface area contributed by atoms with Crippen LogP contribution in [0.4, 0.5) is 10.5 Å². The molecule has 132 valence electrons. The Balaban J connectivity index is 1.83. The monoisotopic (exact) mass is 332 g/mol. The van der Waals surface area contributed by atoms with E-state index in [0.717, 1.165) is 36.9 Å². The highest BCUT2D eigenvalue weighted by molar-refractivity contribution is 5.90. The molecule has 1 saturated heterocycles. The van der Waals surface area contributed by atoms with Crippen LogP contribution in [0.2, 0.25) is 0 Å². The largest absolute Gasteiger partial charge is 0.356 e. The van der Waals surface area contributed by atoms with Gasteiger partial charge in [0.15, 0.2) is 0 Å². The summed E-state index contributed by atoms with van der Waals surface area (Å²) in [6.45, 7) is 4.45. The van der Waals surface area contributed by atoms with Crippen LogP contribution >= 0.6 is 0 Å². The number of likely N-dealkylation sites (tertiary alicyclic amines) is 1. The molecule has 6 nitrogen and oxygen atoms in total. The molecule has 6 heteroatoms. The van der Waals surface area contributed by atoms with Gasteiger partial charge < -0.3 is 21.3 Å². The van der Waals surface area contributed by atoms with Crippen molar-refractivity contribution in [2.24, 2.45) is 11.7 Å². The molecular formula is C18H28N4O2. The van der Waals surface area contributed by atoms with Crippen LogP contribution in [0.1, 0.15) is 31.2 Å². The zero-order chi connectivity index (χ0) is 17.4. The van der Waals surface area contributed by atoms with Crippen molar-refractivity contribution in [2.45, 2.75) is 32.6 Å². The Labute approximate surface area is 143 Å². The van der Waals surface area contributed by atoms with Crippen LogP contribution in [-0.4, -0.2) is 43.0 Å². The van der Waals surface area contributed by atoms with E-state index in [0.29, 0.717) is 26.2 Å². The van der Waals surface area contributed by atoms with Crippen LogP contribution in [0.15, 0.2) is 24.3 Å². The number of aryl methyl sites for hydroxylation is 1. The predicted molar refractivity (Wildman–Crippen MR) is 95.8 cm³/mol. The Kier molecular flexibility index (Phi) is 7.06. The Morgan fingerprint density at radius 3 is 2.92 bits per heavy atom. The molecule has 1 fully saturated rings. The lowest BCUT2D eigenvalue weighted by Crippen LogP contribution is -2.47. The number of urea groups is 1. The lowest BCUT2D eigenvalue weighted by atomic mass is 9.97. The molecule has 0 aliphatic carbocycles. The highest BCUT2D eigenvalue weighted by Crippen LogP contribution is 2.18. The Bertz CT molecular complexity index is 562. The molecule has 1 aliphatic heterocycles. The summed E-state index contributed by atoms with van der Waals surface area (Å²) in [7, 11) is 0. The summed E-state index contributed by atoms with van der Waals surface area (Å²) >= 11 is 0. The minimum absolute atomic E-state index is 0.0417. The van der Waals surface area contributed by atoms with Crippen molar-refractivity contribution < 1.29 is 9.59 Å². The molecule has 4 N–H and O–H groups in total. The molecule has 1 unspecified atom stereocenters. The Morgan fingerprint density at radius 1 is 1.33 bits per heavy atom. The number of carbonyl (C=O) groups is 2. The van der Waals surface area contributed by atoms with Gasteiger partial charge in [-0.05, 0) is 56.8 Å². The van der Waals surface area contributed by atoms with E-state index in [1.54, 1.807) is 4.90 Å². The quantitative estimate of drug-likeness (QED) is 0.697. The molecule has 24 heavy (non-hydrogen) atoms. The Hall–Kier alpha value is -2.08. The molecule has 0 spiro atoms. The van der Waals surface area contributed by atoms with Crippen LogP contribution in [-0.2, 0) is 4.79 Å². The van der Waals surface area contributed by atoms with Gasteiger partial charge in [-0.3, -0.25) is 4.79 Å². The molecule has 3 amide bonds. The van der Waals surface area contributed by atoms with Gasteiger partial charge in [-0.2, -0.15) is 0 Å². The zero-order valence-electron chi connectivity index (χ0n) is 14.4. The molecule has 0 bridgehead atoms. The first-order valence-electron chi connectivity index (χ1n) is 8.70. The first kappa shape index (κ1) is 18.3. The second-order valence-electron chi connectivity index (χ2n) is 6.37. The van der Waals surface area contributed by atoms with Crippen molar-refractivity contribution in [2.75, 3.05) is 31.5 Å². The topological polar surface area (TPSA) is 87.5 Å². The summed E-state index contributed by atoms with van der Waals surface area (Å²) in [5.41, 5.74) is 7.33. The van der Waals surface area contributed by atoms with Gasteiger partial charge in [0.05, 0.1) is 5.92 Å². The molecule has 1 heterocycles. The van der Waals surface area contributed by atoms with E-state index in [4.69, 9.17) is 5.73 Å². The molecule has 0 aromatic heterocycles. The van der Waals surface area contributed by atoms with Crippen LogP contribution in [0.5, 0.6) is 0 Å². The Morgan fingerprint density at radius 2 is 2.17 bits per heavy atom. The fourth-order valence-electron chi connectivity index (χ4n) is 2.93. The maximum Gasteiger partial charge on any atom is 0.321 e. The predicted octanol–water partition coefficient (Wildman–Crippen LogP) is 2.09. The average Bonchev–Trinajstić information content (AvgIpc) is 2.58. The fraction of sp³-hybridized carbons (Fsp3) is 0.556. The lowest BCUT2D eigenvalue weighted by Gasteiger charge is -2.32. The molecule has 0 radical (unpaired) electrons. The number of piperidine rings is 1. The number of nitrogens with one attached hydrogen (secondary N) is 2. The van der Waals surface area contributed by atoms with Gasteiger partial charge >= 0.3 is 6.03 Å². The number of rotatable bonds is 6. The summed E-state index contributed by atoms with van der Waals surface area (Å²) in [5.74, 6) is -0.0834. The van der Waals surface area contributed by atoms with E-state index in [1.807, 2.05) is 31.2 Å². The first-order chi connectivity index (χ1) is 11.6. The van der Waals surface area contributed by atoms with Gasteiger partial charge in [0, 0.05) is 25.3 Å². The van der Waals surface area contributed by atoms with Crippen LogP contribution in [0.25, 0.3) is 0 Å². The van der Waals surface area contributed by atoms with E-state index in [1.165, 1.54) is 0 Å². The third-order valence-electron chi connectivity index (χ3n) is 4.28. The number of carbonyl (C=O) groups excluding carboxylic acids is 2. The van der Waals surface area contributed by atoms with Crippen molar-refractivity contribution in [3.63, 3.8) is 0 Å². The fourth-order valence-corrected chi connectivity index (χ4v) is 2.93. The highest BCUT2D eigenvalue weighted by atomic mass is 16.2. The summed E-state index contributed by atoms with van der Waals surface area (Å²) in [5, 5.41) is 5.86. The smallest absolute Gasteiger partial charge is 0.321 e. The van der Waals surface area contributed by atoms with E-state index in [-0.39, 0.29) is 17.9 Å². The number of hydrogen-bond donors (Lipinski definition) is 3. The van der Waals surface area contributed by atoms with Crippen molar-refractivity contribution in [3.8, 4) is 0 Å². The normalized spacial score (nSPS) is 17.4. The third-order valence-corrected chi connectivity index (χ3v) is 4.28. The van der Waals surface area contributed by atoms with Crippen molar-refractivity contribution in [3.05, 3.63) is 29.8 Å². The van der Waals surface area contributed by atoms with E-state index >= 15 is 0 Å². The van der Waals surface area contributed by atoms with Crippen LogP contribution in [0, 0.1) is 12.8 Å². The summed E-state index contributed by atoms with van der Waals surface area (Å²) in [6, 6.07) is 7.57. The van der Waals surface area contributed by atoms with Gasteiger partial charge in [-0.1, -0.05) is 12.1 Å². The zero-order valence-corrected chi connectivity index (χ0v) is 14.4. The second-order valence-corrected chi connectivity index (χ2v) is 6.37. The van der Waals surface area contributed by atoms with E-state index < -0.39 is 0 Å². The van der Waals surface area contributed by atoms with Gasteiger partial charge in [0.2, 0.25) is 5.91 Å². The minimum atomic E-state index is -0.138. The molecule has 0 saturated carbocycles. The number of benzene rings is 1. The summed E-state index contributed by atoms with van der Waals surface area (Å²) in [6.07, 6.45) is 3.49. The second kappa shape index (κ2) is 9.27. The molecular weight excluding hydrogens is 304 g/mol. The van der Waals surface area contributed by atoms with Gasteiger partial charge in [0.1, 0.15) is 0 Å². The maximum atomic E-state index is 12.4. The third kappa shape index (κ3) is 5.53. The highest BCUT2D eigenvalue weighted by Gasteiger charge is 2.28. The number of nitrogens with zero attached hydrogens (tertiary/aromatic N) is 1. The van der Waals surface area contributed by atoms with Gasteiger partial charge in [-0.15, -0.1) is 0 Å². The van der Waals surface area contributed by atoms with Crippen molar-refractivity contribution >= 4 is 17.6 Å². The lowest BCUT2D eigenvalue weighted by molar-refractivity contribution is -0.126. The standard InChI is InChI=1S/C18H28N4O2/c1-14-6-4-8-16(12-14)21-18(24)22-11-5-7-15(13-22)17(23)20-10-3-2-9-19/h4,6,8,12,15H,2-3,5,7,9-11,13,19H2,1H3,(H,20,23)(H,21,24). The van der Waals surface area contributed by atoms with Crippen molar-refractivity contribution in [1.29, 1.82) is 0 Å². The van der Waals surface area contributed by atoms with Crippen molar-refractivity contribution in [1.82, 2.24) is 10.2 Å². The average molecular weight is 332 g/mol. The van der Waals surface area contributed by atoms with E-state index in [9.17, 15) is 9.59 Å². The first-order valence-corrected chi connectivity index (χ1v) is 8.70. The molecule has 2 rings (SSSR count). The maximum absolute atomic E-state index is 12.4. The molecule has 1 atom stereocenters. The number of nitrogens with two attached hydrogens (primary N) is 1. The molecule has 1 aliphatic rings. The minimum Gasteiger partial charge on any atom is -0.356 e. The number of anilines is 1. The summed E-state index contributed by atoms with van der Waals surface area (Å²) < 4.78 is 0. The number of hydrogen-bond acceptors (Lipinski definition) is 3. The number of unbranched alkanes of at least 4 members (excludes halogenated alkanes) is 1. The summed E-state index contributed by atoms with van der Waals surface area (Å²) in [4.78, 5) is 26.4. The van der Waals surface area contributed by atoms with Crippen LogP contribution < -0.4 is 16.4 Å².